The summed E-state index contributed by atoms with van der Waals surface area (Å²) in [6.45, 7) is 2.08. The van der Waals surface area contributed by atoms with Gasteiger partial charge in [-0.15, -0.1) is 12.6 Å². The number of benzene rings is 2. The van der Waals surface area contributed by atoms with Crippen LogP contribution in [0.25, 0.3) is 0 Å². The van der Waals surface area contributed by atoms with Crippen LogP contribution >= 0.6 is 12.6 Å². The predicted molar refractivity (Wildman–Crippen MR) is 72.1 cm³/mol. The molecule has 0 aliphatic heterocycles. The van der Waals surface area contributed by atoms with Crippen molar-refractivity contribution in [2.75, 3.05) is 0 Å². The summed E-state index contributed by atoms with van der Waals surface area (Å²) >= 11 is 4.23. The monoisotopic (exact) mass is 227 g/mol. The molecule has 0 N–H and O–H groups in total. The Labute approximate surface area is 101 Å². The van der Waals surface area contributed by atoms with Crippen LogP contribution in [0.5, 0.6) is 0 Å². The highest BCUT2D eigenvalue weighted by Gasteiger charge is 1.89. The Kier molecular flexibility index (Phi) is 3.42. The molecule has 80 valence electrons. The molecule has 0 amide bonds. The highest BCUT2D eigenvalue weighted by molar-refractivity contribution is 7.80. The van der Waals surface area contributed by atoms with E-state index in [9.17, 15) is 0 Å². The Morgan fingerprint density at radius 1 is 0.938 bits per heavy atom. The molecule has 2 rings (SSSR count). The van der Waals surface area contributed by atoms with Crippen molar-refractivity contribution in [3.05, 3.63) is 59.7 Å². The fourth-order valence-electron chi connectivity index (χ4n) is 1.34. The van der Waals surface area contributed by atoms with Crippen LogP contribution in [0.4, 0.5) is 5.69 Å². The molecule has 0 saturated heterocycles. The summed E-state index contributed by atoms with van der Waals surface area (Å²) in [6.07, 6.45) is 1.87. The van der Waals surface area contributed by atoms with Crippen molar-refractivity contribution in [3.63, 3.8) is 0 Å². The second-order valence-corrected chi connectivity index (χ2v) is 4.20. The SMILES string of the molecule is Cc1ccc(C=Nc2ccc(S)cc2)cc1. The van der Waals surface area contributed by atoms with Crippen molar-refractivity contribution >= 4 is 24.5 Å². The molecule has 0 bridgehead atoms. The molecule has 2 aromatic carbocycles. The zero-order valence-electron chi connectivity index (χ0n) is 9.09. The third kappa shape index (κ3) is 2.97. The van der Waals surface area contributed by atoms with Gasteiger partial charge in [0.1, 0.15) is 0 Å². The van der Waals surface area contributed by atoms with E-state index < -0.39 is 0 Å². The average Bonchev–Trinajstić information content (AvgIpc) is 2.30. The van der Waals surface area contributed by atoms with E-state index in [0.29, 0.717) is 0 Å². The van der Waals surface area contributed by atoms with Gasteiger partial charge < -0.3 is 0 Å². The number of aryl methyl sites for hydroxylation is 1. The van der Waals surface area contributed by atoms with Crippen LogP contribution in [0.15, 0.2) is 58.4 Å². The van der Waals surface area contributed by atoms with Crippen LogP contribution in [-0.2, 0) is 0 Å². The summed E-state index contributed by atoms with van der Waals surface area (Å²) in [6, 6.07) is 16.1. The van der Waals surface area contributed by atoms with Crippen LogP contribution in [0.3, 0.4) is 0 Å². The summed E-state index contributed by atoms with van der Waals surface area (Å²) in [5.74, 6) is 0. The molecule has 0 radical (unpaired) electrons. The Bertz CT molecular complexity index is 436. The van der Waals surface area contributed by atoms with Crippen molar-refractivity contribution in [3.8, 4) is 0 Å². The molecule has 2 heteroatoms. The summed E-state index contributed by atoms with van der Waals surface area (Å²) in [5, 5.41) is 0. The van der Waals surface area contributed by atoms with Crippen molar-refractivity contribution in [2.24, 2.45) is 4.99 Å². The van der Waals surface area contributed by atoms with Crippen LogP contribution in [0, 0.1) is 6.92 Å². The zero-order chi connectivity index (χ0) is 11.4. The maximum absolute atomic E-state index is 4.39. The fourth-order valence-corrected chi connectivity index (χ4v) is 1.49. The van der Waals surface area contributed by atoms with Gasteiger partial charge in [0.05, 0.1) is 5.69 Å². The number of thiol groups is 1. The van der Waals surface area contributed by atoms with Gasteiger partial charge in [0.2, 0.25) is 0 Å². The average molecular weight is 227 g/mol. The maximum Gasteiger partial charge on any atom is 0.0630 e. The summed E-state index contributed by atoms with van der Waals surface area (Å²) in [5.41, 5.74) is 3.32. The molecule has 1 nitrogen and oxygen atoms in total. The standard InChI is InChI=1S/C14H13NS/c1-11-2-4-12(5-3-11)10-15-13-6-8-14(16)9-7-13/h2-10,16H,1H3. The van der Waals surface area contributed by atoms with E-state index in [4.69, 9.17) is 0 Å². The first-order valence-electron chi connectivity index (χ1n) is 5.14. The molecule has 0 heterocycles. The van der Waals surface area contributed by atoms with Crippen LogP contribution in [0.1, 0.15) is 11.1 Å². The first-order chi connectivity index (χ1) is 7.74. The lowest BCUT2D eigenvalue weighted by atomic mass is 10.2. The quantitative estimate of drug-likeness (QED) is 0.587. The molecule has 0 aliphatic carbocycles. The minimum Gasteiger partial charge on any atom is -0.256 e. The first kappa shape index (κ1) is 11.0. The lowest BCUT2D eigenvalue weighted by molar-refractivity contribution is 1.43. The molecule has 0 unspecified atom stereocenters. The van der Waals surface area contributed by atoms with Gasteiger partial charge in [0.25, 0.3) is 0 Å². The van der Waals surface area contributed by atoms with Crippen LogP contribution in [-0.4, -0.2) is 6.21 Å². The second-order valence-electron chi connectivity index (χ2n) is 3.69. The summed E-state index contributed by atoms with van der Waals surface area (Å²) in [4.78, 5) is 5.34. The number of hydrogen-bond acceptors (Lipinski definition) is 2. The predicted octanol–water partition coefficient (Wildman–Crippen LogP) is 4.03. The van der Waals surface area contributed by atoms with Crippen molar-refractivity contribution in [1.82, 2.24) is 0 Å². The summed E-state index contributed by atoms with van der Waals surface area (Å²) < 4.78 is 0. The van der Waals surface area contributed by atoms with Gasteiger partial charge in [-0.05, 0) is 36.8 Å². The highest BCUT2D eigenvalue weighted by atomic mass is 32.1. The van der Waals surface area contributed by atoms with Gasteiger partial charge in [-0.1, -0.05) is 29.8 Å². The van der Waals surface area contributed by atoms with E-state index >= 15 is 0 Å². The Morgan fingerprint density at radius 2 is 1.56 bits per heavy atom. The van der Waals surface area contributed by atoms with Crippen molar-refractivity contribution in [2.45, 2.75) is 11.8 Å². The van der Waals surface area contributed by atoms with E-state index in [1.165, 1.54) is 5.56 Å². The van der Waals surface area contributed by atoms with Crippen LogP contribution in [0.2, 0.25) is 0 Å². The molecule has 0 aliphatic rings. The Balaban J connectivity index is 2.15. The minimum absolute atomic E-state index is 0.943. The van der Waals surface area contributed by atoms with E-state index in [1.807, 2.05) is 30.5 Å². The minimum atomic E-state index is 0.943. The third-order valence-electron chi connectivity index (χ3n) is 2.29. The summed E-state index contributed by atoms with van der Waals surface area (Å²) in [7, 11) is 0. The van der Waals surface area contributed by atoms with Gasteiger partial charge in [0, 0.05) is 11.1 Å². The molecular weight excluding hydrogens is 214 g/mol. The molecule has 16 heavy (non-hydrogen) atoms. The van der Waals surface area contributed by atoms with Crippen molar-refractivity contribution in [1.29, 1.82) is 0 Å². The smallest absolute Gasteiger partial charge is 0.0630 e. The molecule has 0 atom stereocenters. The largest absolute Gasteiger partial charge is 0.256 e. The fraction of sp³-hybridized carbons (Fsp3) is 0.0714. The number of aliphatic imine (C=N–C) groups is 1. The van der Waals surface area contributed by atoms with Crippen molar-refractivity contribution < 1.29 is 0 Å². The Morgan fingerprint density at radius 3 is 2.19 bits per heavy atom. The second kappa shape index (κ2) is 4.99. The molecule has 0 saturated carbocycles. The normalized spacial score (nSPS) is 10.9. The lowest BCUT2D eigenvalue weighted by Gasteiger charge is -1.96. The topological polar surface area (TPSA) is 12.4 Å². The van der Waals surface area contributed by atoms with E-state index in [-0.39, 0.29) is 0 Å². The molecular formula is C14H13NS. The number of nitrogens with zero attached hydrogens (tertiary/aromatic N) is 1. The lowest BCUT2D eigenvalue weighted by Crippen LogP contribution is -1.80. The maximum atomic E-state index is 4.39. The van der Waals surface area contributed by atoms with Gasteiger partial charge >= 0.3 is 0 Å². The molecule has 0 aromatic heterocycles. The number of hydrogen-bond donors (Lipinski definition) is 1. The van der Waals surface area contributed by atoms with Gasteiger partial charge in [-0.2, -0.15) is 0 Å². The third-order valence-corrected chi connectivity index (χ3v) is 2.59. The van der Waals surface area contributed by atoms with Crippen LogP contribution < -0.4 is 0 Å². The van der Waals surface area contributed by atoms with Gasteiger partial charge in [-0.25, -0.2) is 0 Å². The molecule has 0 spiro atoms. The highest BCUT2D eigenvalue weighted by Crippen LogP contribution is 2.15. The molecule has 0 fully saturated rings. The molecule has 2 aromatic rings. The first-order valence-corrected chi connectivity index (χ1v) is 5.58. The van der Waals surface area contributed by atoms with Gasteiger partial charge in [-0.3, -0.25) is 4.99 Å². The Hall–Kier alpha value is -1.54. The number of rotatable bonds is 2. The van der Waals surface area contributed by atoms with E-state index in [1.54, 1.807) is 0 Å². The van der Waals surface area contributed by atoms with Gasteiger partial charge in [0.15, 0.2) is 0 Å². The van der Waals surface area contributed by atoms with E-state index in [0.717, 1.165) is 16.1 Å². The zero-order valence-corrected chi connectivity index (χ0v) is 9.99. The van der Waals surface area contributed by atoms with E-state index in [2.05, 4.69) is 48.8 Å².